The summed E-state index contributed by atoms with van der Waals surface area (Å²) in [6.07, 6.45) is 7.48. The molecule has 2 amide bonds. The molecular weight excluding hydrogens is 458 g/mol. The molecule has 2 aromatic rings. The minimum absolute atomic E-state index is 0.00532. The van der Waals surface area contributed by atoms with Gasteiger partial charge >= 0.3 is 5.97 Å². The van der Waals surface area contributed by atoms with E-state index in [2.05, 4.69) is 15.1 Å². The first-order valence-corrected chi connectivity index (χ1v) is 13.2. The molecule has 2 aliphatic heterocycles. The Kier molecular flexibility index (Phi) is 7.36. The van der Waals surface area contributed by atoms with Gasteiger partial charge in [0, 0.05) is 56.3 Å². The molecule has 0 atom stereocenters. The summed E-state index contributed by atoms with van der Waals surface area (Å²) in [5, 5.41) is 13.3. The number of carbonyl (C=O) groups is 3. The quantitative estimate of drug-likeness (QED) is 0.637. The Bertz CT molecular complexity index is 1130. The van der Waals surface area contributed by atoms with Gasteiger partial charge in [-0.05, 0) is 49.9 Å². The van der Waals surface area contributed by atoms with Gasteiger partial charge in [0.1, 0.15) is 5.82 Å². The number of anilines is 2. The zero-order valence-corrected chi connectivity index (χ0v) is 20.7. The molecular formula is C27H35N5O4. The van der Waals surface area contributed by atoms with Crippen LogP contribution in [0.25, 0.3) is 10.9 Å². The molecule has 192 valence electrons. The van der Waals surface area contributed by atoms with Gasteiger partial charge in [-0.25, -0.2) is 9.78 Å². The van der Waals surface area contributed by atoms with Crippen molar-refractivity contribution in [3.8, 4) is 0 Å². The average molecular weight is 494 g/mol. The van der Waals surface area contributed by atoms with E-state index in [-0.39, 0.29) is 23.3 Å². The SMILES string of the molecule is O=C(O)c1cc(N2CCN(CC(=O)N3CCCCCC3)CC2)nc2ccc(NC(=O)C3CCC3)cc12. The van der Waals surface area contributed by atoms with Crippen LogP contribution in [-0.2, 0) is 9.59 Å². The third kappa shape index (κ3) is 5.46. The number of nitrogens with one attached hydrogen (secondary N) is 1. The number of piperazine rings is 1. The average Bonchev–Trinajstić information content (AvgIpc) is 3.12. The fourth-order valence-corrected chi connectivity index (χ4v) is 5.29. The first kappa shape index (κ1) is 24.5. The van der Waals surface area contributed by atoms with Crippen molar-refractivity contribution in [3.63, 3.8) is 0 Å². The number of amides is 2. The van der Waals surface area contributed by atoms with Crippen molar-refractivity contribution < 1.29 is 19.5 Å². The highest BCUT2D eigenvalue weighted by Crippen LogP contribution is 2.30. The molecule has 1 saturated carbocycles. The Balaban J connectivity index is 1.25. The summed E-state index contributed by atoms with van der Waals surface area (Å²) in [4.78, 5) is 48.2. The summed E-state index contributed by atoms with van der Waals surface area (Å²) >= 11 is 0. The second-order valence-electron chi connectivity index (χ2n) is 10.2. The van der Waals surface area contributed by atoms with Gasteiger partial charge in [0.2, 0.25) is 11.8 Å². The molecule has 1 aromatic carbocycles. The molecule has 0 radical (unpaired) electrons. The maximum Gasteiger partial charge on any atom is 0.336 e. The Labute approximate surface area is 211 Å². The molecule has 3 heterocycles. The van der Waals surface area contributed by atoms with Gasteiger partial charge in [-0.1, -0.05) is 19.3 Å². The standard InChI is InChI=1S/C27H35N5O4/c33-25(32-10-3-1-2-4-11-32)18-30-12-14-31(15-13-30)24-17-22(27(35)36)21-16-20(8-9-23(21)29-24)28-26(34)19-6-5-7-19/h8-9,16-17,19H,1-7,10-15,18H2,(H,28,34)(H,35,36). The van der Waals surface area contributed by atoms with Gasteiger partial charge in [0.05, 0.1) is 17.6 Å². The van der Waals surface area contributed by atoms with Crippen LogP contribution < -0.4 is 10.2 Å². The largest absolute Gasteiger partial charge is 0.478 e. The second-order valence-corrected chi connectivity index (χ2v) is 10.2. The Morgan fingerprint density at radius 1 is 0.917 bits per heavy atom. The van der Waals surface area contributed by atoms with Crippen LogP contribution in [0, 0.1) is 5.92 Å². The molecule has 1 aromatic heterocycles. The van der Waals surface area contributed by atoms with Crippen LogP contribution >= 0.6 is 0 Å². The van der Waals surface area contributed by atoms with Gasteiger partial charge in [0.25, 0.3) is 0 Å². The molecule has 9 nitrogen and oxygen atoms in total. The minimum Gasteiger partial charge on any atom is -0.478 e. The topological polar surface area (TPSA) is 106 Å². The van der Waals surface area contributed by atoms with E-state index >= 15 is 0 Å². The molecule has 5 rings (SSSR count). The first-order chi connectivity index (χ1) is 17.5. The van der Waals surface area contributed by atoms with Gasteiger partial charge in [0.15, 0.2) is 0 Å². The van der Waals surface area contributed by atoms with Crippen LogP contribution in [0.15, 0.2) is 24.3 Å². The van der Waals surface area contributed by atoms with E-state index in [1.54, 1.807) is 24.3 Å². The van der Waals surface area contributed by atoms with Gasteiger partial charge in [-0.3, -0.25) is 14.5 Å². The van der Waals surface area contributed by atoms with Crippen LogP contribution in [0.5, 0.6) is 0 Å². The van der Waals surface area contributed by atoms with Crippen LogP contribution in [0.1, 0.15) is 55.3 Å². The number of benzene rings is 1. The van der Waals surface area contributed by atoms with E-state index in [1.165, 1.54) is 12.8 Å². The van der Waals surface area contributed by atoms with Crippen molar-refractivity contribution in [2.45, 2.75) is 44.9 Å². The molecule has 3 fully saturated rings. The molecule has 2 N–H and O–H groups in total. The molecule has 2 saturated heterocycles. The van der Waals surface area contributed by atoms with Crippen molar-refractivity contribution in [3.05, 3.63) is 29.8 Å². The smallest absolute Gasteiger partial charge is 0.336 e. The van der Waals surface area contributed by atoms with E-state index in [1.807, 2.05) is 4.90 Å². The zero-order valence-electron chi connectivity index (χ0n) is 20.7. The van der Waals surface area contributed by atoms with Crippen LogP contribution in [0.4, 0.5) is 11.5 Å². The van der Waals surface area contributed by atoms with Crippen molar-refractivity contribution in [1.82, 2.24) is 14.8 Å². The number of likely N-dealkylation sites (tertiary alicyclic amines) is 1. The van der Waals surface area contributed by atoms with Crippen molar-refractivity contribution in [2.24, 2.45) is 5.92 Å². The fraction of sp³-hybridized carbons (Fsp3) is 0.556. The number of nitrogens with zero attached hydrogens (tertiary/aromatic N) is 4. The number of hydrogen-bond donors (Lipinski definition) is 2. The molecule has 3 aliphatic rings. The van der Waals surface area contributed by atoms with Crippen LogP contribution in [0.3, 0.4) is 0 Å². The lowest BCUT2D eigenvalue weighted by atomic mass is 9.85. The number of fused-ring (bicyclic) bond motifs is 1. The number of aromatic carboxylic acids is 1. The number of pyridine rings is 1. The highest BCUT2D eigenvalue weighted by Gasteiger charge is 2.26. The van der Waals surface area contributed by atoms with Crippen molar-refractivity contribution in [1.29, 1.82) is 0 Å². The zero-order chi connectivity index (χ0) is 25.1. The van der Waals surface area contributed by atoms with E-state index in [4.69, 9.17) is 4.98 Å². The second kappa shape index (κ2) is 10.8. The summed E-state index contributed by atoms with van der Waals surface area (Å²) in [5.74, 6) is -0.132. The highest BCUT2D eigenvalue weighted by molar-refractivity contribution is 6.05. The van der Waals surface area contributed by atoms with Crippen molar-refractivity contribution in [2.75, 3.05) is 56.0 Å². The van der Waals surface area contributed by atoms with E-state index < -0.39 is 5.97 Å². The van der Waals surface area contributed by atoms with Gasteiger partial charge < -0.3 is 20.2 Å². The molecule has 0 spiro atoms. The minimum atomic E-state index is -1.02. The molecule has 0 bridgehead atoms. The lowest BCUT2D eigenvalue weighted by Crippen LogP contribution is -2.50. The monoisotopic (exact) mass is 493 g/mol. The third-order valence-electron chi connectivity index (χ3n) is 7.78. The lowest BCUT2D eigenvalue weighted by Gasteiger charge is -2.36. The summed E-state index contributed by atoms with van der Waals surface area (Å²) in [6, 6.07) is 6.89. The normalized spacial score (nSPS) is 19.6. The van der Waals surface area contributed by atoms with Gasteiger partial charge in [-0.15, -0.1) is 0 Å². The molecule has 9 heteroatoms. The molecule has 1 aliphatic carbocycles. The Morgan fingerprint density at radius 3 is 2.28 bits per heavy atom. The lowest BCUT2D eigenvalue weighted by molar-refractivity contribution is -0.132. The Hall–Kier alpha value is -3.20. The summed E-state index contributed by atoms with van der Waals surface area (Å²) in [6.45, 7) is 4.99. The number of aromatic nitrogens is 1. The number of hydrogen-bond acceptors (Lipinski definition) is 6. The number of carbonyl (C=O) groups excluding carboxylic acids is 2. The first-order valence-electron chi connectivity index (χ1n) is 13.2. The Morgan fingerprint density at radius 2 is 1.64 bits per heavy atom. The summed E-state index contributed by atoms with van der Waals surface area (Å²) in [7, 11) is 0. The maximum atomic E-state index is 12.8. The predicted molar refractivity (Wildman–Crippen MR) is 138 cm³/mol. The number of carboxylic acid groups (broad SMARTS) is 1. The summed E-state index contributed by atoms with van der Waals surface area (Å²) < 4.78 is 0. The molecule has 0 unspecified atom stereocenters. The third-order valence-corrected chi connectivity index (χ3v) is 7.78. The van der Waals surface area contributed by atoms with E-state index in [0.717, 1.165) is 58.3 Å². The maximum absolute atomic E-state index is 12.8. The fourth-order valence-electron chi connectivity index (χ4n) is 5.29. The van der Waals surface area contributed by atoms with E-state index in [0.29, 0.717) is 42.0 Å². The van der Waals surface area contributed by atoms with Crippen LogP contribution in [-0.4, -0.2) is 83.5 Å². The van der Waals surface area contributed by atoms with Crippen molar-refractivity contribution >= 4 is 40.2 Å². The van der Waals surface area contributed by atoms with E-state index in [9.17, 15) is 19.5 Å². The predicted octanol–water partition coefficient (Wildman–Crippen LogP) is 3.20. The van der Waals surface area contributed by atoms with Gasteiger partial charge in [-0.2, -0.15) is 0 Å². The number of rotatable bonds is 6. The summed E-state index contributed by atoms with van der Waals surface area (Å²) in [5.41, 5.74) is 1.36. The molecule has 36 heavy (non-hydrogen) atoms. The highest BCUT2D eigenvalue weighted by atomic mass is 16.4. The van der Waals surface area contributed by atoms with Crippen LogP contribution in [0.2, 0.25) is 0 Å². The number of carboxylic acids is 1.